The molecule has 0 radical (unpaired) electrons. The first-order valence-corrected chi connectivity index (χ1v) is 5.31. The van der Waals surface area contributed by atoms with E-state index in [2.05, 4.69) is 0 Å². The Balaban J connectivity index is 2.31. The van der Waals surface area contributed by atoms with Gasteiger partial charge in [-0.05, 0) is 37.8 Å². The highest BCUT2D eigenvalue weighted by Crippen LogP contribution is 2.17. The van der Waals surface area contributed by atoms with Crippen molar-refractivity contribution in [3.8, 4) is 0 Å². The van der Waals surface area contributed by atoms with Crippen LogP contribution >= 0.6 is 11.6 Å². The second kappa shape index (κ2) is 5.82. The first-order valence-electron chi connectivity index (χ1n) is 4.93. The SMILES string of the molecule is CC(=O)CCCCc1ccccc1Cl. The van der Waals surface area contributed by atoms with Crippen molar-refractivity contribution in [1.29, 1.82) is 0 Å². The molecule has 76 valence electrons. The van der Waals surface area contributed by atoms with Gasteiger partial charge in [0.25, 0.3) is 0 Å². The average Bonchev–Trinajstić information content (AvgIpc) is 2.15. The number of carbonyl (C=O) groups excluding carboxylic acids is 1. The fourth-order valence-corrected chi connectivity index (χ4v) is 1.62. The summed E-state index contributed by atoms with van der Waals surface area (Å²) in [4.78, 5) is 10.7. The van der Waals surface area contributed by atoms with Crippen LogP contribution in [0, 0.1) is 0 Å². The number of rotatable bonds is 5. The lowest BCUT2D eigenvalue weighted by Crippen LogP contribution is -1.92. The molecule has 0 fully saturated rings. The first kappa shape index (κ1) is 11.3. The van der Waals surface area contributed by atoms with Crippen LogP contribution in [0.3, 0.4) is 0 Å². The maximum absolute atomic E-state index is 10.7. The van der Waals surface area contributed by atoms with Gasteiger partial charge in [-0.25, -0.2) is 0 Å². The molecule has 0 N–H and O–H groups in total. The molecule has 0 saturated heterocycles. The topological polar surface area (TPSA) is 17.1 Å². The van der Waals surface area contributed by atoms with Gasteiger partial charge in [-0.3, -0.25) is 0 Å². The van der Waals surface area contributed by atoms with Crippen LogP contribution < -0.4 is 0 Å². The van der Waals surface area contributed by atoms with E-state index in [-0.39, 0.29) is 5.78 Å². The molecule has 0 spiro atoms. The summed E-state index contributed by atoms with van der Waals surface area (Å²) in [6, 6.07) is 7.87. The van der Waals surface area contributed by atoms with Gasteiger partial charge >= 0.3 is 0 Å². The number of unbranched alkanes of at least 4 members (excludes halogenated alkanes) is 1. The molecule has 0 heterocycles. The maximum Gasteiger partial charge on any atom is 0.129 e. The van der Waals surface area contributed by atoms with Crippen LogP contribution in [0.2, 0.25) is 5.02 Å². The van der Waals surface area contributed by atoms with Gasteiger partial charge in [0.15, 0.2) is 0 Å². The quantitative estimate of drug-likeness (QED) is 0.679. The zero-order chi connectivity index (χ0) is 10.4. The Labute approximate surface area is 90.1 Å². The standard InChI is InChI=1S/C12H15ClO/c1-10(14)6-2-3-7-11-8-4-5-9-12(11)13/h4-5,8-9H,2-3,6-7H2,1H3. The van der Waals surface area contributed by atoms with Crippen LogP contribution in [0.5, 0.6) is 0 Å². The number of hydrogen-bond acceptors (Lipinski definition) is 1. The van der Waals surface area contributed by atoms with Gasteiger partial charge in [0.2, 0.25) is 0 Å². The van der Waals surface area contributed by atoms with Crippen molar-refractivity contribution in [2.45, 2.75) is 32.6 Å². The molecular weight excluding hydrogens is 196 g/mol. The van der Waals surface area contributed by atoms with E-state index in [0.29, 0.717) is 6.42 Å². The number of ketones is 1. The number of hydrogen-bond donors (Lipinski definition) is 0. The molecule has 0 saturated carbocycles. The summed E-state index contributed by atoms with van der Waals surface area (Å²) in [5, 5.41) is 0.829. The van der Waals surface area contributed by atoms with E-state index in [9.17, 15) is 4.79 Å². The van der Waals surface area contributed by atoms with Gasteiger partial charge in [-0.15, -0.1) is 0 Å². The van der Waals surface area contributed by atoms with Crippen molar-refractivity contribution in [2.24, 2.45) is 0 Å². The fraction of sp³-hybridized carbons (Fsp3) is 0.417. The van der Waals surface area contributed by atoms with E-state index in [0.717, 1.165) is 24.3 Å². The Bertz CT molecular complexity index is 307. The smallest absolute Gasteiger partial charge is 0.129 e. The minimum Gasteiger partial charge on any atom is -0.300 e. The highest BCUT2D eigenvalue weighted by molar-refractivity contribution is 6.31. The van der Waals surface area contributed by atoms with Crippen LogP contribution in [0.4, 0.5) is 0 Å². The monoisotopic (exact) mass is 210 g/mol. The molecule has 14 heavy (non-hydrogen) atoms. The van der Waals surface area contributed by atoms with Gasteiger partial charge < -0.3 is 4.79 Å². The van der Waals surface area contributed by atoms with E-state index in [1.165, 1.54) is 5.56 Å². The van der Waals surface area contributed by atoms with Gasteiger partial charge in [0.05, 0.1) is 0 Å². The summed E-state index contributed by atoms with van der Waals surface area (Å²) in [6.45, 7) is 1.63. The Hall–Kier alpha value is -0.820. The Morgan fingerprint density at radius 1 is 1.29 bits per heavy atom. The van der Waals surface area contributed by atoms with Crippen molar-refractivity contribution in [3.63, 3.8) is 0 Å². The predicted octanol–water partition coefficient (Wildman–Crippen LogP) is 3.64. The third kappa shape index (κ3) is 3.93. The van der Waals surface area contributed by atoms with Crippen molar-refractivity contribution >= 4 is 17.4 Å². The molecule has 0 aliphatic rings. The van der Waals surface area contributed by atoms with Crippen molar-refractivity contribution in [2.75, 3.05) is 0 Å². The number of halogens is 1. The minimum atomic E-state index is 0.268. The molecule has 2 heteroatoms. The summed E-state index contributed by atoms with van der Waals surface area (Å²) in [5.74, 6) is 0.268. The van der Waals surface area contributed by atoms with E-state index < -0.39 is 0 Å². The molecule has 1 aromatic carbocycles. The molecule has 0 unspecified atom stereocenters. The summed E-state index contributed by atoms with van der Waals surface area (Å²) in [6.07, 6.45) is 3.64. The summed E-state index contributed by atoms with van der Waals surface area (Å²) in [5.41, 5.74) is 1.18. The zero-order valence-electron chi connectivity index (χ0n) is 8.42. The molecule has 0 aliphatic heterocycles. The van der Waals surface area contributed by atoms with Crippen molar-refractivity contribution in [1.82, 2.24) is 0 Å². The van der Waals surface area contributed by atoms with Crippen molar-refractivity contribution < 1.29 is 4.79 Å². The normalized spacial score (nSPS) is 10.1. The predicted molar refractivity (Wildman–Crippen MR) is 59.7 cm³/mol. The third-order valence-electron chi connectivity index (χ3n) is 2.18. The van der Waals surface area contributed by atoms with Gasteiger partial charge in [-0.1, -0.05) is 29.8 Å². The van der Waals surface area contributed by atoms with E-state index in [1.54, 1.807) is 6.92 Å². The van der Waals surface area contributed by atoms with Gasteiger partial charge in [0.1, 0.15) is 5.78 Å². The highest BCUT2D eigenvalue weighted by atomic mass is 35.5. The molecule has 1 nitrogen and oxygen atoms in total. The Morgan fingerprint density at radius 2 is 2.00 bits per heavy atom. The average molecular weight is 211 g/mol. The molecule has 1 aromatic rings. The van der Waals surface area contributed by atoms with Crippen LogP contribution in [-0.4, -0.2) is 5.78 Å². The summed E-state index contributed by atoms with van der Waals surface area (Å²) in [7, 11) is 0. The van der Waals surface area contributed by atoms with Crippen LogP contribution in [0.25, 0.3) is 0 Å². The molecule has 0 aliphatic carbocycles. The number of aryl methyl sites for hydroxylation is 1. The van der Waals surface area contributed by atoms with Gasteiger partial charge in [0, 0.05) is 11.4 Å². The lowest BCUT2D eigenvalue weighted by molar-refractivity contribution is -0.117. The lowest BCUT2D eigenvalue weighted by Gasteiger charge is -2.02. The van der Waals surface area contributed by atoms with Crippen LogP contribution in [-0.2, 0) is 11.2 Å². The lowest BCUT2D eigenvalue weighted by atomic mass is 10.1. The molecule has 0 aromatic heterocycles. The fourth-order valence-electron chi connectivity index (χ4n) is 1.39. The number of benzene rings is 1. The molecule has 0 atom stereocenters. The largest absolute Gasteiger partial charge is 0.300 e. The Morgan fingerprint density at radius 3 is 2.64 bits per heavy atom. The molecule has 0 bridgehead atoms. The third-order valence-corrected chi connectivity index (χ3v) is 2.55. The van der Waals surface area contributed by atoms with Crippen LogP contribution in [0.1, 0.15) is 31.7 Å². The molecular formula is C12H15ClO. The van der Waals surface area contributed by atoms with Gasteiger partial charge in [-0.2, -0.15) is 0 Å². The van der Waals surface area contributed by atoms with Crippen LogP contribution in [0.15, 0.2) is 24.3 Å². The van der Waals surface area contributed by atoms with Crippen molar-refractivity contribution in [3.05, 3.63) is 34.9 Å². The van der Waals surface area contributed by atoms with E-state index in [1.807, 2.05) is 24.3 Å². The number of carbonyl (C=O) groups is 1. The second-order valence-electron chi connectivity index (χ2n) is 3.50. The van der Waals surface area contributed by atoms with E-state index >= 15 is 0 Å². The maximum atomic E-state index is 10.7. The zero-order valence-corrected chi connectivity index (χ0v) is 9.18. The molecule has 1 rings (SSSR count). The number of Topliss-reactive ketones (excluding diaryl/α,β-unsaturated/α-hetero) is 1. The highest BCUT2D eigenvalue weighted by Gasteiger charge is 1.99. The minimum absolute atomic E-state index is 0.268. The summed E-state index contributed by atoms with van der Waals surface area (Å²) >= 11 is 6.00. The summed E-state index contributed by atoms with van der Waals surface area (Å²) < 4.78 is 0. The first-order chi connectivity index (χ1) is 6.70. The second-order valence-corrected chi connectivity index (χ2v) is 3.91. The van der Waals surface area contributed by atoms with E-state index in [4.69, 9.17) is 11.6 Å². The Kier molecular flexibility index (Phi) is 4.68. The molecule has 0 amide bonds.